The lowest BCUT2D eigenvalue weighted by Crippen LogP contribution is -2.16. The molecule has 0 fully saturated rings. The maximum atomic E-state index is 6.47. The molecule has 0 aliphatic rings. The summed E-state index contributed by atoms with van der Waals surface area (Å²) in [5.74, 6) is 2.12. The summed E-state index contributed by atoms with van der Waals surface area (Å²) in [5.41, 5.74) is 6.27. The average molecular weight is 545 g/mol. The number of nitrogens with one attached hydrogen (secondary N) is 1. The summed E-state index contributed by atoms with van der Waals surface area (Å²) in [6.07, 6.45) is 0. The summed E-state index contributed by atoms with van der Waals surface area (Å²) in [6.45, 7) is 0. The van der Waals surface area contributed by atoms with E-state index in [4.69, 9.17) is 37.6 Å². The minimum atomic E-state index is 0.490. The zero-order chi connectivity index (χ0) is 26.3. The second-order valence-corrected chi connectivity index (χ2v) is 10.1. The average Bonchev–Trinajstić information content (AvgIpc) is 3.37. The van der Waals surface area contributed by atoms with E-state index < -0.39 is 0 Å². The normalized spacial score (nSPS) is 11.3. The molecule has 0 atom stereocenters. The van der Waals surface area contributed by atoms with Gasteiger partial charge in [-0.3, -0.25) is 0 Å². The van der Waals surface area contributed by atoms with Gasteiger partial charge in [-0.05, 0) is 65.7 Å². The first-order chi connectivity index (χ1) is 19.1. The van der Waals surface area contributed by atoms with Gasteiger partial charge >= 0.3 is 5.82 Å². The Morgan fingerprint density at radius 1 is 0.590 bits per heavy atom. The highest BCUT2D eigenvalue weighted by Crippen LogP contribution is 2.41. The number of fused-ring (bicyclic) bond motifs is 3. The number of halogens is 2. The Bertz CT molecular complexity index is 1930. The predicted octanol–water partition coefficient (Wildman–Crippen LogP) is 9.16. The Kier molecular flexibility index (Phi) is 5.85. The Morgan fingerprint density at radius 2 is 1.21 bits per heavy atom. The van der Waals surface area contributed by atoms with Gasteiger partial charge in [0.1, 0.15) is 5.58 Å². The molecule has 0 aliphatic heterocycles. The number of nitrogens with zero attached hydrogens (tertiary/aromatic N) is 2. The van der Waals surface area contributed by atoms with Crippen LogP contribution < -0.4 is 4.98 Å². The number of H-pyrrole nitrogens is 1. The topological polar surface area (TPSA) is 53.1 Å². The summed E-state index contributed by atoms with van der Waals surface area (Å²) in [7, 11) is 0. The third kappa shape index (κ3) is 4.34. The van der Waals surface area contributed by atoms with Crippen molar-refractivity contribution in [2.75, 3.05) is 0 Å². The maximum Gasteiger partial charge on any atom is 0.308 e. The lowest BCUT2D eigenvalue weighted by atomic mass is 9.98. The molecule has 0 bridgehead atoms. The van der Waals surface area contributed by atoms with E-state index in [9.17, 15) is 0 Å². The fourth-order valence-electron chi connectivity index (χ4n) is 4.92. The van der Waals surface area contributed by atoms with E-state index in [1.807, 2.05) is 91.0 Å². The van der Waals surface area contributed by atoms with Crippen LogP contribution >= 0.6 is 23.2 Å². The van der Waals surface area contributed by atoms with Crippen LogP contribution in [0.5, 0.6) is 0 Å². The fourth-order valence-corrected chi connectivity index (χ4v) is 5.45. The molecule has 186 valence electrons. The van der Waals surface area contributed by atoms with Gasteiger partial charge in [-0.2, -0.15) is 0 Å². The van der Waals surface area contributed by atoms with Gasteiger partial charge in [-0.15, -0.1) is 0 Å². The van der Waals surface area contributed by atoms with Gasteiger partial charge in [0.15, 0.2) is 5.58 Å². The van der Waals surface area contributed by atoms with Gasteiger partial charge in [0.05, 0.1) is 21.7 Å². The molecule has 0 radical (unpaired) electrons. The molecule has 0 saturated carbocycles. The van der Waals surface area contributed by atoms with Crippen LogP contribution in [-0.2, 0) is 0 Å². The van der Waals surface area contributed by atoms with Crippen molar-refractivity contribution in [2.24, 2.45) is 0 Å². The molecule has 39 heavy (non-hydrogen) atoms. The molecule has 0 aliphatic carbocycles. The predicted molar refractivity (Wildman–Crippen MR) is 158 cm³/mol. The summed E-state index contributed by atoms with van der Waals surface area (Å²) >= 11 is 12.8. The maximum absolute atomic E-state index is 6.47. The van der Waals surface area contributed by atoms with E-state index in [2.05, 4.69) is 23.2 Å². The Balaban J connectivity index is 1.42. The molecule has 7 rings (SSSR count). The van der Waals surface area contributed by atoms with Crippen molar-refractivity contribution in [3.63, 3.8) is 0 Å². The first-order valence-electron chi connectivity index (χ1n) is 12.5. The Morgan fingerprint density at radius 3 is 1.90 bits per heavy atom. The Labute approximate surface area is 234 Å². The molecule has 4 nitrogen and oxygen atoms in total. The van der Waals surface area contributed by atoms with Gasteiger partial charge in [-0.25, -0.2) is 4.98 Å². The van der Waals surface area contributed by atoms with Crippen molar-refractivity contribution in [1.82, 2.24) is 9.97 Å². The SMILES string of the molecule is Clc1cc(Cl)c2oc3cccc(-c4cccc(-c5nc(-c6ccccc6)[nH+]c(-c6ccccc6)n5)c4)c3c2c1. The van der Waals surface area contributed by atoms with Crippen LogP contribution in [0.4, 0.5) is 0 Å². The number of rotatable bonds is 4. The van der Waals surface area contributed by atoms with Crippen molar-refractivity contribution < 1.29 is 9.40 Å². The van der Waals surface area contributed by atoms with Crippen LogP contribution in [0.15, 0.2) is 120 Å². The highest BCUT2D eigenvalue weighted by molar-refractivity contribution is 6.39. The number of aromatic amines is 1. The van der Waals surface area contributed by atoms with Crippen LogP contribution in [0.2, 0.25) is 10.0 Å². The molecule has 0 amide bonds. The molecule has 1 N–H and O–H groups in total. The minimum absolute atomic E-state index is 0.490. The number of aromatic nitrogens is 3. The third-order valence-electron chi connectivity index (χ3n) is 6.71. The van der Waals surface area contributed by atoms with Crippen molar-refractivity contribution in [2.45, 2.75) is 0 Å². The van der Waals surface area contributed by atoms with Gasteiger partial charge in [0.2, 0.25) is 0 Å². The van der Waals surface area contributed by atoms with E-state index in [-0.39, 0.29) is 0 Å². The molecule has 0 saturated heterocycles. The lowest BCUT2D eigenvalue weighted by molar-refractivity contribution is -0.359. The molecule has 6 heteroatoms. The minimum Gasteiger partial charge on any atom is -0.454 e. The zero-order valence-corrected chi connectivity index (χ0v) is 22.0. The molecule has 2 heterocycles. The highest BCUT2D eigenvalue weighted by Gasteiger charge is 2.21. The first kappa shape index (κ1) is 23.6. The van der Waals surface area contributed by atoms with Crippen LogP contribution in [0.3, 0.4) is 0 Å². The fraction of sp³-hybridized carbons (Fsp3) is 0. The van der Waals surface area contributed by atoms with Crippen LogP contribution in [-0.4, -0.2) is 9.97 Å². The van der Waals surface area contributed by atoms with Crippen molar-refractivity contribution in [3.8, 4) is 45.3 Å². The second kappa shape index (κ2) is 9.66. The van der Waals surface area contributed by atoms with Crippen LogP contribution in [0, 0.1) is 0 Å². The summed E-state index contributed by atoms with van der Waals surface area (Å²) in [6, 6.07) is 38.0. The highest BCUT2D eigenvalue weighted by atomic mass is 35.5. The standard InChI is InChI=1S/C33H19Cl2N3O/c34-24-18-26-29-25(15-8-16-28(29)39-30(26)27(35)19-24)22-13-7-14-23(17-22)33-37-31(20-9-3-1-4-10-20)36-32(38-33)21-11-5-2-6-12-21/h1-19H/p+1. The molecule has 0 unspecified atom stereocenters. The summed E-state index contributed by atoms with van der Waals surface area (Å²) in [5, 5.41) is 2.90. The summed E-state index contributed by atoms with van der Waals surface area (Å²) in [4.78, 5) is 13.3. The number of hydrogen-bond donors (Lipinski definition) is 0. The largest absolute Gasteiger partial charge is 0.454 e. The first-order valence-corrected chi connectivity index (χ1v) is 13.2. The van der Waals surface area contributed by atoms with E-state index in [0.29, 0.717) is 21.5 Å². The van der Waals surface area contributed by atoms with Gasteiger partial charge in [0.25, 0.3) is 11.6 Å². The van der Waals surface area contributed by atoms with Crippen LogP contribution in [0.25, 0.3) is 67.2 Å². The van der Waals surface area contributed by atoms with E-state index in [0.717, 1.165) is 55.8 Å². The molecular formula is C33H20Cl2N3O+. The Hall–Kier alpha value is -4.51. The number of benzene rings is 5. The van der Waals surface area contributed by atoms with E-state index >= 15 is 0 Å². The van der Waals surface area contributed by atoms with Crippen molar-refractivity contribution in [3.05, 3.63) is 125 Å². The smallest absolute Gasteiger partial charge is 0.308 e. The zero-order valence-electron chi connectivity index (χ0n) is 20.5. The van der Waals surface area contributed by atoms with Crippen LogP contribution in [0.1, 0.15) is 0 Å². The molecular weight excluding hydrogens is 525 g/mol. The number of furan rings is 1. The van der Waals surface area contributed by atoms with Gasteiger partial charge in [-0.1, -0.05) is 93.8 Å². The quantitative estimate of drug-likeness (QED) is 0.222. The second-order valence-electron chi connectivity index (χ2n) is 9.23. The van der Waals surface area contributed by atoms with E-state index in [1.165, 1.54) is 0 Å². The van der Waals surface area contributed by atoms with Crippen molar-refractivity contribution in [1.29, 1.82) is 0 Å². The molecule has 7 aromatic rings. The molecule has 5 aromatic carbocycles. The van der Waals surface area contributed by atoms with Gasteiger partial charge < -0.3 is 4.42 Å². The monoisotopic (exact) mass is 544 g/mol. The van der Waals surface area contributed by atoms with Gasteiger partial charge in [0, 0.05) is 15.8 Å². The molecule has 2 aromatic heterocycles. The van der Waals surface area contributed by atoms with Crippen molar-refractivity contribution >= 4 is 45.1 Å². The van der Waals surface area contributed by atoms with E-state index in [1.54, 1.807) is 6.07 Å². The third-order valence-corrected chi connectivity index (χ3v) is 7.21. The lowest BCUT2D eigenvalue weighted by Gasteiger charge is -2.06. The number of hydrogen-bond acceptors (Lipinski definition) is 3. The summed E-state index contributed by atoms with van der Waals surface area (Å²) < 4.78 is 6.13. The molecule has 0 spiro atoms.